The molecular weight excluding hydrogens is 285 g/mol. The number of hydrogen-bond acceptors (Lipinski definition) is 2. The molecule has 2 rings (SSSR count). The summed E-state index contributed by atoms with van der Waals surface area (Å²) in [6.07, 6.45) is 3.70. The highest BCUT2D eigenvalue weighted by Crippen LogP contribution is 2.19. The molecule has 1 heterocycles. The van der Waals surface area contributed by atoms with Crippen molar-refractivity contribution < 1.29 is 4.39 Å². The normalized spacial score (nSPS) is 10.5. The Bertz CT molecular complexity index is 510. The van der Waals surface area contributed by atoms with Gasteiger partial charge in [-0.3, -0.25) is 0 Å². The van der Waals surface area contributed by atoms with Crippen LogP contribution in [-0.4, -0.2) is 16.1 Å². The van der Waals surface area contributed by atoms with Gasteiger partial charge in [0.1, 0.15) is 11.6 Å². The van der Waals surface area contributed by atoms with Gasteiger partial charge in [-0.2, -0.15) is 0 Å². The lowest BCUT2D eigenvalue weighted by Gasteiger charge is -2.08. The van der Waals surface area contributed by atoms with E-state index in [4.69, 9.17) is 0 Å². The van der Waals surface area contributed by atoms with Gasteiger partial charge in [-0.1, -0.05) is 0 Å². The van der Waals surface area contributed by atoms with Crippen molar-refractivity contribution in [3.63, 3.8) is 0 Å². The SMILES string of the molecule is Cc1nccn1CCNc1ccc(Br)c(F)c1. The van der Waals surface area contributed by atoms with Crippen molar-refractivity contribution in [2.24, 2.45) is 0 Å². The first kappa shape index (κ1) is 12.1. The van der Waals surface area contributed by atoms with Gasteiger partial charge in [0.05, 0.1) is 4.47 Å². The largest absolute Gasteiger partial charge is 0.383 e. The van der Waals surface area contributed by atoms with Crippen molar-refractivity contribution in [2.75, 3.05) is 11.9 Å². The predicted octanol–water partition coefficient (Wildman–Crippen LogP) is 3.21. The number of halogens is 2. The third-order valence-corrected chi connectivity index (χ3v) is 3.17. The van der Waals surface area contributed by atoms with Gasteiger partial charge in [-0.05, 0) is 41.1 Å². The fourth-order valence-electron chi connectivity index (χ4n) is 1.57. The zero-order valence-corrected chi connectivity index (χ0v) is 11.0. The van der Waals surface area contributed by atoms with Crippen LogP contribution in [0.1, 0.15) is 5.82 Å². The Kier molecular flexibility index (Phi) is 3.78. The first-order chi connectivity index (χ1) is 8.16. The molecule has 90 valence electrons. The van der Waals surface area contributed by atoms with Crippen LogP contribution in [0, 0.1) is 12.7 Å². The minimum atomic E-state index is -0.256. The number of benzene rings is 1. The summed E-state index contributed by atoms with van der Waals surface area (Å²) in [5, 5.41) is 3.17. The monoisotopic (exact) mass is 297 g/mol. The fraction of sp³-hybridized carbons (Fsp3) is 0.250. The van der Waals surface area contributed by atoms with Crippen LogP contribution in [-0.2, 0) is 6.54 Å². The third kappa shape index (κ3) is 3.06. The number of aryl methyl sites for hydroxylation is 1. The summed E-state index contributed by atoms with van der Waals surface area (Å²) >= 11 is 3.12. The molecule has 0 radical (unpaired) electrons. The van der Waals surface area contributed by atoms with Crippen molar-refractivity contribution in [1.82, 2.24) is 9.55 Å². The van der Waals surface area contributed by atoms with Gasteiger partial charge in [0.25, 0.3) is 0 Å². The molecule has 0 bridgehead atoms. The standard InChI is InChI=1S/C12H13BrFN3/c1-9-15-4-6-17(9)7-5-16-10-2-3-11(13)12(14)8-10/h2-4,6,8,16H,5,7H2,1H3. The van der Waals surface area contributed by atoms with Crippen molar-refractivity contribution >= 4 is 21.6 Å². The van der Waals surface area contributed by atoms with Gasteiger partial charge in [-0.25, -0.2) is 9.37 Å². The van der Waals surface area contributed by atoms with Crippen LogP contribution in [0.5, 0.6) is 0 Å². The van der Waals surface area contributed by atoms with Crippen LogP contribution in [0.3, 0.4) is 0 Å². The summed E-state index contributed by atoms with van der Waals surface area (Å²) in [5.41, 5.74) is 0.781. The molecule has 2 aromatic rings. The molecule has 0 aliphatic heterocycles. The molecular formula is C12H13BrFN3. The summed E-state index contributed by atoms with van der Waals surface area (Å²) in [6.45, 7) is 3.50. The molecule has 0 aliphatic carbocycles. The summed E-state index contributed by atoms with van der Waals surface area (Å²) in [7, 11) is 0. The van der Waals surface area contributed by atoms with E-state index in [-0.39, 0.29) is 5.82 Å². The molecule has 0 aliphatic rings. The van der Waals surface area contributed by atoms with Gasteiger partial charge in [-0.15, -0.1) is 0 Å². The van der Waals surface area contributed by atoms with Gasteiger partial charge in [0, 0.05) is 31.2 Å². The van der Waals surface area contributed by atoms with Gasteiger partial charge in [0.15, 0.2) is 0 Å². The van der Waals surface area contributed by atoms with E-state index < -0.39 is 0 Å². The molecule has 0 amide bonds. The van der Waals surface area contributed by atoms with Gasteiger partial charge in [0.2, 0.25) is 0 Å². The number of hydrogen-bond donors (Lipinski definition) is 1. The van der Waals surface area contributed by atoms with Gasteiger partial charge < -0.3 is 9.88 Å². The minimum absolute atomic E-state index is 0.256. The van der Waals surface area contributed by atoms with E-state index in [1.54, 1.807) is 12.3 Å². The summed E-state index contributed by atoms with van der Waals surface area (Å²) in [5.74, 6) is 0.725. The van der Waals surface area contributed by atoms with Crippen LogP contribution in [0.25, 0.3) is 0 Å². The first-order valence-electron chi connectivity index (χ1n) is 5.33. The molecule has 1 N–H and O–H groups in total. The molecule has 1 aromatic carbocycles. The first-order valence-corrected chi connectivity index (χ1v) is 6.13. The highest BCUT2D eigenvalue weighted by molar-refractivity contribution is 9.10. The lowest BCUT2D eigenvalue weighted by molar-refractivity contribution is 0.621. The number of nitrogens with zero attached hydrogens (tertiary/aromatic N) is 2. The molecule has 0 spiro atoms. The van der Waals surface area contributed by atoms with Crippen LogP contribution in [0.15, 0.2) is 35.1 Å². The molecule has 0 atom stereocenters. The zero-order valence-electron chi connectivity index (χ0n) is 9.45. The minimum Gasteiger partial charge on any atom is -0.383 e. The fourth-order valence-corrected chi connectivity index (χ4v) is 1.81. The van der Waals surface area contributed by atoms with Crippen LogP contribution in [0.4, 0.5) is 10.1 Å². The summed E-state index contributed by atoms with van der Waals surface area (Å²) in [4.78, 5) is 4.14. The average Bonchev–Trinajstić information content (AvgIpc) is 2.70. The van der Waals surface area contributed by atoms with E-state index in [0.29, 0.717) is 4.47 Å². The van der Waals surface area contributed by atoms with E-state index in [1.807, 2.05) is 23.8 Å². The maximum Gasteiger partial charge on any atom is 0.139 e. The Morgan fingerprint density at radius 2 is 2.29 bits per heavy atom. The lowest BCUT2D eigenvalue weighted by Crippen LogP contribution is -2.11. The van der Waals surface area contributed by atoms with Crippen LogP contribution in [0.2, 0.25) is 0 Å². The Morgan fingerprint density at radius 1 is 1.47 bits per heavy atom. The number of nitrogens with one attached hydrogen (secondary N) is 1. The Hall–Kier alpha value is -1.36. The van der Waals surface area contributed by atoms with E-state index in [9.17, 15) is 4.39 Å². The maximum atomic E-state index is 13.2. The van der Waals surface area contributed by atoms with Crippen molar-refractivity contribution in [3.05, 3.63) is 46.7 Å². The Morgan fingerprint density at radius 3 is 2.94 bits per heavy atom. The van der Waals surface area contributed by atoms with E-state index in [2.05, 4.69) is 26.2 Å². The van der Waals surface area contributed by atoms with E-state index in [0.717, 1.165) is 24.6 Å². The number of rotatable bonds is 4. The zero-order chi connectivity index (χ0) is 12.3. The smallest absolute Gasteiger partial charge is 0.139 e. The predicted molar refractivity (Wildman–Crippen MR) is 69.6 cm³/mol. The third-order valence-electron chi connectivity index (χ3n) is 2.53. The second-order valence-corrected chi connectivity index (χ2v) is 4.58. The number of imidazole rings is 1. The lowest BCUT2D eigenvalue weighted by atomic mass is 10.3. The summed E-state index contributed by atoms with van der Waals surface area (Å²) in [6, 6.07) is 5.01. The van der Waals surface area contributed by atoms with Crippen LogP contribution < -0.4 is 5.32 Å². The molecule has 0 saturated carbocycles. The quantitative estimate of drug-likeness (QED) is 0.939. The van der Waals surface area contributed by atoms with Crippen molar-refractivity contribution in [2.45, 2.75) is 13.5 Å². The maximum absolute atomic E-state index is 13.2. The molecule has 3 nitrogen and oxygen atoms in total. The second kappa shape index (κ2) is 5.31. The number of aromatic nitrogens is 2. The molecule has 1 aromatic heterocycles. The van der Waals surface area contributed by atoms with E-state index >= 15 is 0 Å². The Labute approximate surface area is 108 Å². The molecule has 0 saturated heterocycles. The van der Waals surface area contributed by atoms with Crippen LogP contribution >= 0.6 is 15.9 Å². The highest BCUT2D eigenvalue weighted by Gasteiger charge is 2.00. The van der Waals surface area contributed by atoms with Crippen molar-refractivity contribution in [1.29, 1.82) is 0 Å². The van der Waals surface area contributed by atoms with Crippen molar-refractivity contribution in [3.8, 4) is 0 Å². The topological polar surface area (TPSA) is 29.9 Å². The summed E-state index contributed by atoms with van der Waals surface area (Å²) < 4.78 is 15.8. The molecule has 0 fully saturated rings. The number of anilines is 1. The highest BCUT2D eigenvalue weighted by atomic mass is 79.9. The molecule has 5 heteroatoms. The van der Waals surface area contributed by atoms with Gasteiger partial charge >= 0.3 is 0 Å². The Balaban J connectivity index is 1.90. The average molecular weight is 298 g/mol. The van der Waals surface area contributed by atoms with E-state index in [1.165, 1.54) is 6.07 Å². The molecule has 0 unspecified atom stereocenters. The second-order valence-electron chi connectivity index (χ2n) is 3.72. The molecule has 17 heavy (non-hydrogen) atoms.